The molecule has 1 atom stereocenters. The summed E-state index contributed by atoms with van der Waals surface area (Å²) in [6.07, 6.45) is 2.91. The van der Waals surface area contributed by atoms with Crippen molar-refractivity contribution < 1.29 is 14.7 Å². The van der Waals surface area contributed by atoms with Crippen LogP contribution in [0.2, 0.25) is 0 Å². The maximum absolute atomic E-state index is 11.3. The molecule has 3 N–H and O–H groups in total. The summed E-state index contributed by atoms with van der Waals surface area (Å²) in [6, 6.07) is -0.201. The van der Waals surface area contributed by atoms with Crippen molar-refractivity contribution in [2.24, 2.45) is 0 Å². The second-order valence-electron chi connectivity index (χ2n) is 3.11. The fraction of sp³-hybridized carbons (Fsp3) is 0.750. The molecule has 0 aromatic heterocycles. The first-order valence-corrected chi connectivity index (χ1v) is 4.43. The van der Waals surface area contributed by atoms with Gasteiger partial charge in [-0.3, -0.25) is 9.59 Å². The predicted molar refractivity (Wildman–Crippen MR) is 46.3 cm³/mol. The van der Waals surface area contributed by atoms with Crippen molar-refractivity contribution in [2.45, 2.75) is 25.3 Å². The van der Waals surface area contributed by atoms with Gasteiger partial charge in [0.1, 0.15) is 6.54 Å². The van der Waals surface area contributed by atoms with Crippen molar-refractivity contribution in [3.63, 3.8) is 0 Å². The van der Waals surface area contributed by atoms with Crippen molar-refractivity contribution in [2.75, 3.05) is 13.1 Å². The number of carbonyl (C=O) groups is 2. The van der Waals surface area contributed by atoms with E-state index in [0.29, 0.717) is 0 Å². The molecule has 5 heteroatoms. The van der Waals surface area contributed by atoms with Gasteiger partial charge in [0, 0.05) is 0 Å². The van der Waals surface area contributed by atoms with Gasteiger partial charge in [0.25, 0.3) is 0 Å². The van der Waals surface area contributed by atoms with Crippen molar-refractivity contribution in [1.29, 1.82) is 0 Å². The monoisotopic (exact) mass is 186 g/mol. The highest BCUT2D eigenvalue weighted by Crippen LogP contribution is 2.06. The van der Waals surface area contributed by atoms with Crippen LogP contribution in [0.4, 0.5) is 0 Å². The lowest BCUT2D eigenvalue weighted by atomic mass is 10.0. The second-order valence-corrected chi connectivity index (χ2v) is 3.11. The first-order valence-electron chi connectivity index (χ1n) is 4.43. The molecule has 0 spiro atoms. The third-order valence-electron chi connectivity index (χ3n) is 2.04. The quantitative estimate of drug-likeness (QED) is 0.546. The molecule has 0 aliphatic carbocycles. The number of aliphatic carboxylic acids is 1. The Morgan fingerprint density at radius 3 is 2.77 bits per heavy atom. The lowest BCUT2D eigenvalue weighted by molar-refractivity contribution is -0.138. The van der Waals surface area contributed by atoms with E-state index in [9.17, 15) is 9.59 Å². The average molecular weight is 186 g/mol. The minimum absolute atomic E-state index is 0.201. The summed E-state index contributed by atoms with van der Waals surface area (Å²) in [5.74, 6) is -1.22. The normalized spacial score (nSPS) is 22.3. The summed E-state index contributed by atoms with van der Waals surface area (Å²) >= 11 is 0. The van der Waals surface area contributed by atoms with E-state index in [1.807, 2.05) is 0 Å². The molecule has 1 rings (SSSR count). The van der Waals surface area contributed by atoms with Crippen LogP contribution >= 0.6 is 0 Å². The van der Waals surface area contributed by atoms with Crippen LogP contribution in [-0.4, -0.2) is 36.1 Å². The van der Waals surface area contributed by atoms with Gasteiger partial charge < -0.3 is 15.7 Å². The number of hydrogen-bond donors (Lipinski definition) is 3. The molecule has 1 heterocycles. The van der Waals surface area contributed by atoms with Gasteiger partial charge in [0.2, 0.25) is 5.91 Å². The summed E-state index contributed by atoms with van der Waals surface area (Å²) in [6.45, 7) is 0.544. The van der Waals surface area contributed by atoms with Crippen LogP contribution < -0.4 is 10.6 Å². The number of amides is 1. The van der Waals surface area contributed by atoms with Gasteiger partial charge in [-0.05, 0) is 19.4 Å². The smallest absolute Gasteiger partial charge is 0.322 e. The number of carbonyl (C=O) groups excluding carboxylic acids is 1. The van der Waals surface area contributed by atoms with Gasteiger partial charge in [-0.1, -0.05) is 6.42 Å². The fourth-order valence-electron chi connectivity index (χ4n) is 1.36. The van der Waals surface area contributed by atoms with Gasteiger partial charge in [-0.15, -0.1) is 0 Å². The van der Waals surface area contributed by atoms with E-state index >= 15 is 0 Å². The van der Waals surface area contributed by atoms with E-state index in [1.54, 1.807) is 0 Å². The predicted octanol–water partition coefficient (Wildman–Crippen LogP) is -0.671. The summed E-state index contributed by atoms with van der Waals surface area (Å²) in [5, 5.41) is 13.7. The average Bonchev–Trinajstić information content (AvgIpc) is 2.15. The molecular weight excluding hydrogens is 172 g/mol. The SMILES string of the molecule is O=C(O)CNC(=O)[C@@H]1CCCCN1. The maximum atomic E-state index is 11.3. The Labute approximate surface area is 76.5 Å². The van der Waals surface area contributed by atoms with Crippen LogP contribution in [0.1, 0.15) is 19.3 Å². The number of piperidine rings is 1. The molecule has 1 saturated heterocycles. The molecule has 74 valence electrons. The Balaban J connectivity index is 2.25. The van der Waals surface area contributed by atoms with E-state index in [2.05, 4.69) is 10.6 Å². The van der Waals surface area contributed by atoms with E-state index in [4.69, 9.17) is 5.11 Å². The third kappa shape index (κ3) is 3.42. The standard InChI is InChI=1S/C8H14N2O3/c11-7(12)5-10-8(13)6-3-1-2-4-9-6/h6,9H,1-5H2,(H,10,13)(H,11,12)/t6-/m0/s1. The molecule has 1 fully saturated rings. The van der Waals surface area contributed by atoms with E-state index < -0.39 is 5.97 Å². The summed E-state index contributed by atoms with van der Waals surface area (Å²) in [4.78, 5) is 21.4. The van der Waals surface area contributed by atoms with E-state index in [1.165, 1.54) is 0 Å². The van der Waals surface area contributed by atoms with Crippen LogP contribution in [0, 0.1) is 0 Å². The van der Waals surface area contributed by atoms with Crippen molar-refractivity contribution in [1.82, 2.24) is 10.6 Å². The minimum atomic E-state index is -1.01. The Hall–Kier alpha value is -1.10. The Morgan fingerprint density at radius 1 is 1.46 bits per heavy atom. The Morgan fingerprint density at radius 2 is 2.23 bits per heavy atom. The lowest BCUT2D eigenvalue weighted by Gasteiger charge is -2.21. The van der Waals surface area contributed by atoms with Crippen molar-refractivity contribution in [3.8, 4) is 0 Å². The molecule has 1 amide bonds. The molecule has 13 heavy (non-hydrogen) atoms. The third-order valence-corrected chi connectivity index (χ3v) is 2.04. The van der Waals surface area contributed by atoms with Crippen LogP contribution in [0.25, 0.3) is 0 Å². The topological polar surface area (TPSA) is 78.4 Å². The zero-order valence-corrected chi connectivity index (χ0v) is 7.38. The molecule has 0 saturated carbocycles. The Kier molecular flexibility index (Phi) is 3.70. The minimum Gasteiger partial charge on any atom is -0.480 e. The van der Waals surface area contributed by atoms with Crippen LogP contribution in [0.15, 0.2) is 0 Å². The first kappa shape index (κ1) is 9.98. The largest absolute Gasteiger partial charge is 0.480 e. The summed E-state index contributed by atoms with van der Waals surface area (Å²) in [5.41, 5.74) is 0. The van der Waals surface area contributed by atoms with Crippen LogP contribution in [0.3, 0.4) is 0 Å². The van der Waals surface area contributed by atoms with Gasteiger partial charge in [0.15, 0.2) is 0 Å². The van der Waals surface area contributed by atoms with Gasteiger partial charge in [-0.25, -0.2) is 0 Å². The van der Waals surface area contributed by atoms with E-state index in [0.717, 1.165) is 25.8 Å². The molecule has 0 aromatic rings. The van der Waals surface area contributed by atoms with Crippen LogP contribution in [0.5, 0.6) is 0 Å². The zero-order chi connectivity index (χ0) is 9.68. The van der Waals surface area contributed by atoms with Gasteiger partial charge >= 0.3 is 5.97 Å². The number of hydrogen-bond acceptors (Lipinski definition) is 3. The Bertz CT molecular complexity index is 200. The highest BCUT2D eigenvalue weighted by Gasteiger charge is 2.20. The highest BCUT2D eigenvalue weighted by atomic mass is 16.4. The number of rotatable bonds is 3. The van der Waals surface area contributed by atoms with Crippen molar-refractivity contribution >= 4 is 11.9 Å². The fourth-order valence-corrected chi connectivity index (χ4v) is 1.36. The molecule has 0 unspecified atom stereocenters. The summed E-state index contributed by atoms with van der Waals surface area (Å²) < 4.78 is 0. The summed E-state index contributed by atoms with van der Waals surface area (Å²) in [7, 11) is 0. The van der Waals surface area contributed by atoms with Gasteiger partial charge in [-0.2, -0.15) is 0 Å². The molecule has 1 aliphatic rings. The molecule has 0 bridgehead atoms. The number of carboxylic acid groups (broad SMARTS) is 1. The molecular formula is C8H14N2O3. The van der Waals surface area contributed by atoms with E-state index in [-0.39, 0.29) is 18.5 Å². The first-order chi connectivity index (χ1) is 6.20. The highest BCUT2D eigenvalue weighted by molar-refractivity contribution is 5.85. The number of carboxylic acids is 1. The molecule has 0 radical (unpaired) electrons. The molecule has 5 nitrogen and oxygen atoms in total. The molecule has 0 aromatic carbocycles. The maximum Gasteiger partial charge on any atom is 0.322 e. The molecule has 1 aliphatic heterocycles. The second kappa shape index (κ2) is 4.81. The lowest BCUT2D eigenvalue weighted by Crippen LogP contribution is -2.47. The zero-order valence-electron chi connectivity index (χ0n) is 7.38. The number of nitrogens with one attached hydrogen (secondary N) is 2. The van der Waals surface area contributed by atoms with Crippen LogP contribution in [-0.2, 0) is 9.59 Å². The van der Waals surface area contributed by atoms with Crippen molar-refractivity contribution in [3.05, 3.63) is 0 Å². The van der Waals surface area contributed by atoms with Gasteiger partial charge in [0.05, 0.1) is 6.04 Å².